The Morgan fingerprint density at radius 2 is 2.19 bits per heavy atom. The summed E-state index contributed by atoms with van der Waals surface area (Å²) in [5, 5.41) is 2.92. The second-order valence-electron chi connectivity index (χ2n) is 5.00. The quantitative estimate of drug-likeness (QED) is 0.938. The molecule has 2 aromatic carbocycles. The summed E-state index contributed by atoms with van der Waals surface area (Å²) < 4.78 is 10.6. The van der Waals surface area contributed by atoms with Gasteiger partial charge in [0.05, 0.1) is 20.1 Å². The molecule has 0 saturated carbocycles. The van der Waals surface area contributed by atoms with Gasteiger partial charge in [-0.15, -0.1) is 0 Å². The molecule has 0 atom stereocenters. The van der Waals surface area contributed by atoms with E-state index in [0.29, 0.717) is 6.42 Å². The molecule has 3 rings (SSSR count). The van der Waals surface area contributed by atoms with E-state index in [4.69, 9.17) is 9.47 Å². The Bertz CT molecular complexity index is 667. The highest BCUT2D eigenvalue weighted by Gasteiger charge is 2.13. The lowest BCUT2D eigenvalue weighted by Crippen LogP contribution is -2.14. The summed E-state index contributed by atoms with van der Waals surface area (Å²) in [5.74, 6) is 1.64. The summed E-state index contributed by atoms with van der Waals surface area (Å²) in [4.78, 5) is 12.1. The Kier molecular flexibility index (Phi) is 3.77. The van der Waals surface area contributed by atoms with Gasteiger partial charge in [0.25, 0.3) is 0 Å². The Labute approximate surface area is 123 Å². The van der Waals surface area contributed by atoms with Crippen LogP contribution in [0, 0.1) is 0 Å². The first-order valence-corrected chi connectivity index (χ1v) is 6.93. The maximum absolute atomic E-state index is 12.1. The van der Waals surface area contributed by atoms with Crippen molar-refractivity contribution in [3.05, 3.63) is 53.6 Å². The molecule has 108 valence electrons. The zero-order valence-corrected chi connectivity index (χ0v) is 11.9. The first kappa shape index (κ1) is 13.5. The van der Waals surface area contributed by atoms with Crippen LogP contribution in [0.2, 0.25) is 0 Å². The van der Waals surface area contributed by atoms with Gasteiger partial charge in [0.15, 0.2) is 0 Å². The molecule has 1 N–H and O–H groups in total. The van der Waals surface area contributed by atoms with Gasteiger partial charge in [0.2, 0.25) is 5.91 Å². The van der Waals surface area contributed by atoms with E-state index >= 15 is 0 Å². The van der Waals surface area contributed by atoms with Gasteiger partial charge in [-0.05, 0) is 41.5 Å². The molecule has 0 aliphatic carbocycles. The topological polar surface area (TPSA) is 47.6 Å². The molecule has 4 heteroatoms. The molecule has 0 spiro atoms. The van der Waals surface area contributed by atoms with Crippen molar-refractivity contribution in [2.75, 3.05) is 19.0 Å². The number of fused-ring (bicyclic) bond motifs is 1. The van der Waals surface area contributed by atoms with Crippen molar-refractivity contribution in [3.8, 4) is 11.5 Å². The van der Waals surface area contributed by atoms with Crippen LogP contribution in [0.1, 0.15) is 11.1 Å². The minimum atomic E-state index is -0.0397. The fraction of sp³-hybridized carbons (Fsp3) is 0.235. The Balaban J connectivity index is 1.66. The molecule has 1 aliphatic rings. The first-order valence-electron chi connectivity index (χ1n) is 6.93. The lowest BCUT2D eigenvalue weighted by Gasteiger charge is -2.08. The maximum Gasteiger partial charge on any atom is 0.228 e. The van der Waals surface area contributed by atoms with Crippen LogP contribution in [0.3, 0.4) is 0 Å². The van der Waals surface area contributed by atoms with E-state index in [1.807, 2.05) is 42.5 Å². The molecule has 0 saturated heterocycles. The van der Waals surface area contributed by atoms with Crippen molar-refractivity contribution in [1.29, 1.82) is 0 Å². The van der Waals surface area contributed by atoms with E-state index in [0.717, 1.165) is 41.3 Å². The van der Waals surface area contributed by atoms with Gasteiger partial charge in [-0.25, -0.2) is 0 Å². The second-order valence-corrected chi connectivity index (χ2v) is 5.00. The molecule has 0 aromatic heterocycles. The standard InChI is InChI=1S/C17H17NO3/c1-20-15-4-2-3-12(9-15)10-17(19)18-14-5-6-16-13(11-14)7-8-21-16/h2-6,9,11H,7-8,10H2,1H3,(H,18,19). The highest BCUT2D eigenvalue weighted by atomic mass is 16.5. The minimum absolute atomic E-state index is 0.0397. The molecule has 0 bridgehead atoms. The third kappa shape index (κ3) is 3.16. The van der Waals surface area contributed by atoms with Crippen LogP contribution in [0.5, 0.6) is 11.5 Å². The number of rotatable bonds is 4. The highest BCUT2D eigenvalue weighted by molar-refractivity contribution is 5.92. The molecule has 2 aromatic rings. The highest BCUT2D eigenvalue weighted by Crippen LogP contribution is 2.27. The number of nitrogens with one attached hydrogen (secondary N) is 1. The largest absolute Gasteiger partial charge is 0.497 e. The summed E-state index contributed by atoms with van der Waals surface area (Å²) in [6.45, 7) is 0.719. The number of methoxy groups -OCH3 is 1. The number of ether oxygens (including phenoxy) is 2. The van der Waals surface area contributed by atoms with E-state index in [-0.39, 0.29) is 5.91 Å². The fourth-order valence-corrected chi connectivity index (χ4v) is 2.44. The molecular weight excluding hydrogens is 266 g/mol. The second kappa shape index (κ2) is 5.87. The van der Waals surface area contributed by atoms with E-state index in [9.17, 15) is 4.79 Å². The zero-order valence-electron chi connectivity index (χ0n) is 11.9. The lowest BCUT2D eigenvalue weighted by molar-refractivity contribution is -0.115. The number of carbonyl (C=O) groups is 1. The van der Waals surface area contributed by atoms with Gasteiger partial charge in [0, 0.05) is 12.1 Å². The molecule has 1 heterocycles. The van der Waals surface area contributed by atoms with Crippen LogP contribution in [0.25, 0.3) is 0 Å². The summed E-state index contributed by atoms with van der Waals surface area (Å²) in [7, 11) is 1.62. The minimum Gasteiger partial charge on any atom is -0.497 e. The van der Waals surface area contributed by atoms with Crippen molar-refractivity contribution in [1.82, 2.24) is 0 Å². The van der Waals surface area contributed by atoms with E-state index in [1.165, 1.54) is 0 Å². The number of anilines is 1. The van der Waals surface area contributed by atoms with Crippen LogP contribution >= 0.6 is 0 Å². The van der Waals surface area contributed by atoms with Gasteiger partial charge in [0.1, 0.15) is 11.5 Å². The fourth-order valence-electron chi connectivity index (χ4n) is 2.44. The number of hydrogen-bond donors (Lipinski definition) is 1. The SMILES string of the molecule is COc1cccc(CC(=O)Nc2ccc3c(c2)CCO3)c1. The van der Waals surface area contributed by atoms with Crippen LogP contribution in [-0.4, -0.2) is 19.6 Å². The van der Waals surface area contributed by atoms with E-state index in [2.05, 4.69) is 5.32 Å². The number of carbonyl (C=O) groups excluding carboxylic acids is 1. The maximum atomic E-state index is 12.1. The van der Waals surface area contributed by atoms with E-state index in [1.54, 1.807) is 7.11 Å². The van der Waals surface area contributed by atoms with Crippen molar-refractivity contribution in [2.45, 2.75) is 12.8 Å². The average molecular weight is 283 g/mol. The third-order valence-corrected chi connectivity index (χ3v) is 3.47. The first-order chi connectivity index (χ1) is 10.2. The summed E-state index contributed by atoms with van der Waals surface area (Å²) in [6.07, 6.45) is 1.22. The van der Waals surface area contributed by atoms with Crippen LogP contribution in [-0.2, 0) is 17.6 Å². The van der Waals surface area contributed by atoms with Crippen molar-refractivity contribution < 1.29 is 14.3 Å². The molecule has 21 heavy (non-hydrogen) atoms. The van der Waals surface area contributed by atoms with Crippen LogP contribution in [0.15, 0.2) is 42.5 Å². The normalized spacial score (nSPS) is 12.4. The smallest absolute Gasteiger partial charge is 0.228 e. The van der Waals surface area contributed by atoms with Crippen LogP contribution in [0.4, 0.5) is 5.69 Å². The van der Waals surface area contributed by atoms with Gasteiger partial charge >= 0.3 is 0 Å². The van der Waals surface area contributed by atoms with E-state index < -0.39 is 0 Å². The molecule has 4 nitrogen and oxygen atoms in total. The molecule has 0 fully saturated rings. The summed E-state index contributed by atoms with van der Waals surface area (Å²) in [6, 6.07) is 13.3. The predicted molar refractivity (Wildman–Crippen MR) is 81.0 cm³/mol. The van der Waals surface area contributed by atoms with Crippen molar-refractivity contribution >= 4 is 11.6 Å². The van der Waals surface area contributed by atoms with Crippen LogP contribution < -0.4 is 14.8 Å². The number of amides is 1. The van der Waals surface area contributed by atoms with Gasteiger partial charge in [-0.1, -0.05) is 12.1 Å². The van der Waals surface area contributed by atoms with Gasteiger partial charge in [-0.2, -0.15) is 0 Å². The lowest BCUT2D eigenvalue weighted by atomic mass is 10.1. The van der Waals surface area contributed by atoms with Gasteiger partial charge in [-0.3, -0.25) is 4.79 Å². The molecule has 0 unspecified atom stereocenters. The summed E-state index contributed by atoms with van der Waals surface area (Å²) in [5.41, 5.74) is 2.89. The molecule has 1 amide bonds. The Hall–Kier alpha value is -2.49. The third-order valence-electron chi connectivity index (χ3n) is 3.47. The molecule has 1 aliphatic heterocycles. The zero-order chi connectivity index (χ0) is 14.7. The molecular formula is C17H17NO3. The monoisotopic (exact) mass is 283 g/mol. The Morgan fingerprint density at radius 1 is 1.29 bits per heavy atom. The predicted octanol–water partition coefficient (Wildman–Crippen LogP) is 2.81. The van der Waals surface area contributed by atoms with Gasteiger partial charge < -0.3 is 14.8 Å². The van der Waals surface area contributed by atoms with Crippen molar-refractivity contribution in [2.24, 2.45) is 0 Å². The summed E-state index contributed by atoms with van der Waals surface area (Å²) >= 11 is 0. The number of hydrogen-bond acceptors (Lipinski definition) is 3. The number of benzene rings is 2. The average Bonchev–Trinajstić information content (AvgIpc) is 2.95. The van der Waals surface area contributed by atoms with Crippen molar-refractivity contribution in [3.63, 3.8) is 0 Å². The Morgan fingerprint density at radius 3 is 3.05 bits per heavy atom. The molecule has 0 radical (unpaired) electrons.